The van der Waals surface area contributed by atoms with Gasteiger partial charge in [-0.2, -0.15) is 0 Å². The summed E-state index contributed by atoms with van der Waals surface area (Å²) in [5.41, 5.74) is 3.61. The first-order chi connectivity index (χ1) is 16.5. The van der Waals surface area contributed by atoms with Gasteiger partial charge < -0.3 is 14.2 Å². The predicted octanol–water partition coefficient (Wildman–Crippen LogP) is 4.29. The molecule has 2 aromatic carbocycles. The van der Waals surface area contributed by atoms with Gasteiger partial charge >= 0.3 is 11.9 Å². The smallest absolute Gasteiger partial charge is 0.338 e. The number of ether oxygens (including phenoxy) is 3. The van der Waals surface area contributed by atoms with Crippen LogP contribution in [-0.2, 0) is 14.2 Å². The highest BCUT2D eigenvalue weighted by Gasteiger charge is 2.38. The molecule has 172 valence electrons. The van der Waals surface area contributed by atoms with Crippen molar-refractivity contribution in [2.45, 2.75) is 38.6 Å². The van der Waals surface area contributed by atoms with E-state index in [-0.39, 0.29) is 6.61 Å². The van der Waals surface area contributed by atoms with Gasteiger partial charge in [-0.15, -0.1) is 0 Å². The van der Waals surface area contributed by atoms with Gasteiger partial charge in [0, 0.05) is 12.6 Å². The average molecular weight is 456 g/mol. The van der Waals surface area contributed by atoms with E-state index in [4.69, 9.17) is 14.2 Å². The van der Waals surface area contributed by atoms with Gasteiger partial charge in [0.1, 0.15) is 30.6 Å². The summed E-state index contributed by atoms with van der Waals surface area (Å²) in [6.07, 6.45) is 0.304. The third kappa shape index (κ3) is 6.09. The number of benzene rings is 2. The van der Waals surface area contributed by atoms with E-state index in [0.29, 0.717) is 23.2 Å². The molecule has 0 bridgehead atoms. The Morgan fingerprint density at radius 1 is 0.941 bits per heavy atom. The first-order valence-corrected chi connectivity index (χ1v) is 11.1. The predicted molar refractivity (Wildman–Crippen MR) is 126 cm³/mol. The minimum absolute atomic E-state index is 0.0552. The van der Waals surface area contributed by atoms with E-state index in [1.807, 2.05) is 50.2 Å². The van der Waals surface area contributed by atoms with Crippen molar-refractivity contribution in [1.82, 2.24) is 4.98 Å². The minimum atomic E-state index is -0.633. The SMILES string of the molecule is Cc1ccc(C(=O)OC[C@H]2O[C@H](C#Cc3ccccn3)C[C@@H]2OC(=O)c2ccc(C)cc2)cc1. The normalized spacial score (nSPS) is 19.1. The summed E-state index contributed by atoms with van der Waals surface area (Å²) in [5.74, 6) is 5.10. The van der Waals surface area contributed by atoms with Gasteiger partial charge in [-0.3, -0.25) is 0 Å². The average Bonchev–Trinajstić information content (AvgIpc) is 3.24. The maximum atomic E-state index is 12.7. The quantitative estimate of drug-likeness (QED) is 0.422. The third-order valence-corrected chi connectivity index (χ3v) is 5.44. The molecule has 34 heavy (non-hydrogen) atoms. The molecule has 0 spiro atoms. The molecule has 0 saturated carbocycles. The molecule has 2 heterocycles. The molecule has 3 atom stereocenters. The summed E-state index contributed by atoms with van der Waals surface area (Å²) in [4.78, 5) is 29.4. The number of nitrogens with zero attached hydrogens (tertiary/aromatic N) is 1. The Morgan fingerprint density at radius 2 is 1.59 bits per heavy atom. The van der Waals surface area contributed by atoms with E-state index in [0.717, 1.165) is 11.1 Å². The number of carbonyl (C=O) groups is 2. The molecule has 0 aliphatic carbocycles. The third-order valence-electron chi connectivity index (χ3n) is 5.44. The van der Waals surface area contributed by atoms with Crippen LogP contribution in [0.5, 0.6) is 0 Å². The second kappa shape index (κ2) is 10.8. The Kier molecular flexibility index (Phi) is 7.36. The molecule has 1 fully saturated rings. The van der Waals surface area contributed by atoms with E-state index in [1.54, 1.807) is 36.5 Å². The van der Waals surface area contributed by atoms with Crippen LogP contribution in [-0.4, -0.2) is 41.8 Å². The van der Waals surface area contributed by atoms with Crippen LogP contribution in [0.1, 0.15) is 44.0 Å². The fourth-order valence-electron chi connectivity index (χ4n) is 3.50. The van der Waals surface area contributed by atoms with Crippen molar-refractivity contribution >= 4 is 11.9 Å². The molecule has 6 heteroatoms. The first kappa shape index (κ1) is 23.2. The Morgan fingerprint density at radius 3 is 2.21 bits per heavy atom. The van der Waals surface area contributed by atoms with Gasteiger partial charge in [-0.05, 0) is 56.2 Å². The molecule has 0 amide bonds. The Balaban J connectivity index is 1.45. The Hall–Kier alpha value is -3.95. The van der Waals surface area contributed by atoms with Crippen LogP contribution in [0.2, 0.25) is 0 Å². The number of aromatic nitrogens is 1. The van der Waals surface area contributed by atoms with Crippen LogP contribution in [0.3, 0.4) is 0 Å². The minimum Gasteiger partial charge on any atom is -0.459 e. The van der Waals surface area contributed by atoms with Crippen LogP contribution < -0.4 is 0 Å². The monoisotopic (exact) mass is 455 g/mol. The van der Waals surface area contributed by atoms with Crippen LogP contribution in [0.15, 0.2) is 72.9 Å². The van der Waals surface area contributed by atoms with Gasteiger partial charge in [0.25, 0.3) is 0 Å². The van der Waals surface area contributed by atoms with Gasteiger partial charge in [0.05, 0.1) is 11.1 Å². The highest BCUT2D eigenvalue weighted by Crippen LogP contribution is 2.25. The molecule has 0 unspecified atom stereocenters. The van der Waals surface area contributed by atoms with E-state index >= 15 is 0 Å². The second-order valence-corrected chi connectivity index (χ2v) is 8.16. The maximum absolute atomic E-state index is 12.7. The zero-order chi connectivity index (χ0) is 23.9. The second-order valence-electron chi connectivity index (χ2n) is 8.16. The lowest BCUT2D eigenvalue weighted by atomic mass is 10.1. The molecule has 1 aliphatic heterocycles. The molecular weight excluding hydrogens is 430 g/mol. The van der Waals surface area contributed by atoms with Crippen molar-refractivity contribution in [2.24, 2.45) is 0 Å². The largest absolute Gasteiger partial charge is 0.459 e. The Bertz CT molecular complexity index is 1190. The molecule has 0 N–H and O–H groups in total. The molecule has 0 radical (unpaired) electrons. The molecule has 1 aliphatic rings. The number of esters is 2. The van der Waals surface area contributed by atoms with Crippen molar-refractivity contribution in [3.63, 3.8) is 0 Å². The summed E-state index contributed by atoms with van der Waals surface area (Å²) >= 11 is 0. The highest BCUT2D eigenvalue weighted by atomic mass is 16.6. The van der Waals surface area contributed by atoms with Crippen LogP contribution in [0.25, 0.3) is 0 Å². The number of pyridine rings is 1. The number of hydrogen-bond donors (Lipinski definition) is 0. The zero-order valence-electron chi connectivity index (χ0n) is 19.1. The lowest BCUT2D eigenvalue weighted by Crippen LogP contribution is -2.32. The maximum Gasteiger partial charge on any atom is 0.338 e. The zero-order valence-corrected chi connectivity index (χ0v) is 19.1. The standard InChI is InChI=1S/C28H25NO5/c1-19-6-10-21(11-7-19)27(30)32-18-26-25(34-28(31)22-12-8-20(2)9-13-22)17-24(33-26)15-14-23-5-3-4-16-29-23/h3-13,16,24-26H,17-18H2,1-2H3/t24-,25+,26-/m1/s1. The molecule has 6 nitrogen and oxygen atoms in total. The van der Waals surface area contributed by atoms with Gasteiger partial charge in [0.15, 0.2) is 0 Å². The molecule has 4 rings (SSSR count). The summed E-state index contributed by atoms with van der Waals surface area (Å²) < 4.78 is 17.2. The summed E-state index contributed by atoms with van der Waals surface area (Å²) in [5, 5.41) is 0. The summed E-state index contributed by atoms with van der Waals surface area (Å²) in [7, 11) is 0. The molecule has 1 aromatic heterocycles. The van der Waals surface area contributed by atoms with Gasteiger partial charge in [-0.1, -0.05) is 47.4 Å². The van der Waals surface area contributed by atoms with E-state index < -0.39 is 30.3 Å². The first-order valence-electron chi connectivity index (χ1n) is 11.1. The van der Waals surface area contributed by atoms with E-state index in [9.17, 15) is 9.59 Å². The summed E-state index contributed by atoms with van der Waals surface area (Å²) in [6.45, 7) is 3.84. The van der Waals surface area contributed by atoms with Crippen molar-refractivity contribution in [3.05, 3.63) is 101 Å². The molecule has 1 saturated heterocycles. The number of rotatable bonds is 5. The van der Waals surface area contributed by atoms with Crippen LogP contribution >= 0.6 is 0 Å². The summed E-state index contributed by atoms with van der Waals surface area (Å²) in [6, 6.07) is 19.7. The van der Waals surface area contributed by atoms with Gasteiger partial charge in [-0.25, -0.2) is 14.6 Å². The molecule has 3 aromatic rings. The highest BCUT2D eigenvalue weighted by molar-refractivity contribution is 5.90. The van der Waals surface area contributed by atoms with E-state index in [2.05, 4.69) is 16.8 Å². The topological polar surface area (TPSA) is 74.7 Å². The number of carbonyl (C=O) groups excluding carboxylic acids is 2. The molecular formula is C28H25NO5. The Labute approximate surface area is 198 Å². The van der Waals surface area contributed by atoms with Gasteiger partial charge in [0.2, 0.25) is 0 Å². The lowest BCUT2D eigenvalue weighted by Gasteiger charge is -2.19. The van der Waals surface area contributed by atoms with Crippen molar-refractivity contribution in [1.29, 1.82) is 0 Å². The fraction of sp³-hybridized carbons (Fsp3) is 0.250. The van der Waals surface area contributed by atoms with Crippen molar-refractivity contribution < 1.29 is 23.8 Å². The number of hydrogen-bond acceptors (Lipinski definition) is 6. The number of aryl methyl sites for hydroxylation is 2. The lowest BCUT2D eigenvalue weighted by molar-refractivity contribution is -0.0348. The van der Waals surface area contributed by atoms with E-state index in [1.165, 1.54) is 0 Å². The van der Waals surface area contributed by atoms with Crippen LogP contribution in [0.4, 0.5) is 0 Å². The fourth-order valence-corrected chi connectivity index (χ4v) is 3.50. The van der Waals surface area contributed by atoms with Crippen LogP contribution in [0, 0.1) is 25.7 Å². The van der Waals surface area contributed by atoms with Crippen molar-refractivity contribution in [2.75, 3.05) is 6.61 Å². The van der Waals surface area contributed by atoms with Crippen molar-refractivity contribution in [3.8, 4) is 11.8 Å².